The zero-order chi connectivity index (χ0) is 17.0. The molecule has 0 spiro atoms. The molecule has 0 bridgehead atoms. The first-order chi connectivity index (χ1) is 10.8. The van der Waals surface area contributed by atoms with Gasteiger partial charge < -0.3 is 10.6 Å². The van der Waals surface area contributed by atoms with Crippen molar-refractivity contribution in [1.29, 1.82) is 0 Å². The second kappa shape index (κ2) is 6.62. The Morgan fingerprint density at radius 3 is 2.30 bits per heavy atom. The SMILES string of the molecule is CNC(=O)c1ccccc1NC(=O)c1cccc(S(C)(=O)=O)c1. The van der Waals surface area contributed by atoms with Gasteiger partial charge in [0.05, 0.1) is 16.1 Å². The molecule has 0 aliphatic heterocycles. The number of anilines is 1. The molecule has 0 aliphatic rings. The fourth-order valence-electron chi connectivity index (χ4n) is 1.99. The van der Waals surface area contributed by atoms with Crippen molar-refractivity contribution >= 4 is 27.3 Å². The number of rotatable bonds is 4. The summed E-state index contributed by atoms with van der Waals surface area (Å²) < 4.78 is 23.1. The van der Waals surface area contributed by atoms with E-state index in [2.05, 4.69) is 10.6 Å². The predicted molar refractivity (Wildman–Crippen MR) is 87.3 cm³/mol. The molecule has 0 radical (unpaired) electrons. The molecule has 7 heteroatoms. The minimum absolute atomic E-state index is 0.0599. The van der Waals surface area contributed by atoms with Crippen LogP contribution < -0.4 is 10.6 Å². The van der Waals surface area contributed by atoms with Gasteiger partial charge in [0.2, 0.25) is 0 Å². The van der Waals surface area contributed by atoms with Gasteiger partial charge >= 0.3 is 0 Å². The molecular weight excluding hydrogens is 316 g/mol. The van der Waals surface area contributed by atoms with E-state index in [4.69, 9.17) is 0 Å². The number of sulfone groups is 1. The average molecular weight is 332 g/mol. The van der Waals surface area contributed by atoms with Gasteiger partial charge in [0.1, 0.15) is 0 Å². The molecule has 2 aromatic rings. The third-order valence-corrected chi connectivity index (χ3v) is 4.28. The number of hydrogen-bond acceptors (Lipinski definition) is 4. The summed E-state index contributed by atoms with van der Waals surface area (Å²) in [5.74, 6) is -0.822. The van der Waals surface area contributed by atoms with E-state index in [9.17, 15) is 18.0 Å². The molecule has 23 heavy (non-hydrogen) atoms. The van der Waals surface area contributed by atoms with Gasteiger partial charge in [-0.25, -0.2) is 8.42 Å². The molecule has 120 valence electrons. The molecule has 0 aliphatic carbocycles. The Labute approximate surface area is 134 Å². The van der Waals surface area contributed by atoms with E-state index in [0.29, 0.717) is 11.3 Å². The Kier molecular flexibility index (Phi) is 4.80. The summed E-state index contributed by atoms with van der Waals surface area (Å²) >= 11 is 0. The van der Waals surface area contributed by atoms with Crippen LogP contribution >= 0.6 is 0 Å². The standard InChI is InChI=1S/C16H16N2O4S/c1-17-16(20)13-8-3-4-9-14(13)18-15(19)11-6-5-7-12(10-11)23(2,21)22/h3-10H,1-2H3,(H,17,20)(H,18,19). The lowest BCUT2D eigenvalue weighted by Crippen LogP contribution is -2.21. The Hall–Kier alpha value is -2.67. The van der Waals surface area contributed by atoms with Crippen LogP contribution in [0.2, 0.25) is 0 Å². The van der Waals surface area contributed by atoms with Crippen LogP contribution in [0.1, 0.15) is 20.7 Å². The topological polar surface area (TPSA) is 92.3 Å². The van der Waals surface area contributed by atoms with Crippen LogP contribution in [0.5, 0.6) is 0 Å². The number of amides is 2. The van der Waals surface area contributed by atoms with Gasteiger partial charge in [-0.1, -0.05) is 18.2 Å². The molecule has 2 amide bonds. The summed E-state index contributed by atoms with van der Waals surface area (Å²) in [5, 5.41) is 5.12. The summed E-state index contributed by atoms with van der Waals surface area (Å²) in [5.41, 5.74) is 0.865. The molecule has 2 aromatic carbocycles. The van der Waals surface area contributed by atoms with Crippen LogP contribution in [0, 0.1) is 0 Å². The first-order valence-electron chi connectivity index (χ1n) is 6.75. The number of nitrogens with one attached hydrogen (secondary N) is 2. The predicted octanol–water partition coefficient (Wildman–Crippen LogP) is 1.70. The smallest absolute Gasteiger partial charge is 0.255 e. The minimum atomic E-state index is -3.40. The van der Waals surface area contributed by atoms with Gasteiger partial charge in [0, 0.05) is 18.9 Å². The van der Waals surface area contributed by atoms with Crippen molar-refractivity contribution in [2.75, 3.05) is 18.6 Å². The minimum Gasteiger partial charge on any atom is -0.355 e. The fraction of sp³-hybridized carbons (Fsp3) is 0.125. The number of carbonyl (C=O) groups is 2. The highest BCUT2D eigenvalue weighted by atomic mass is 32.2. The number of hydrogen-bond donors (Lipinski definition) is 2. The molecule has 0 saturated heterocycles. The van der Waals surface area contributed by atoms with Crippen LogP contribution in [-0.4, -0.2) is 33.5 Å². The molecule has 0 heterocycles. The maximum atomic E-state index is 12.3. The Morgan fingerprint density at radius 2 is 1.65 bits per heavy atom. The molecule has 0 atom stereocenters. The number of benzene rings is 2. The van der Waals surface area contributed by atoms with Crippen LogP contribution in [-0.2, 0) is 9.84 Å². The molecule has 0 unspecified atom stereocenters. The van der Waals surface area contributed by atoms with Crippen molar-refractivity contribution in [3.8, 4) is 0 Å². The Balaban J connectivity index is 2.32. The summed E-state index contributed by atoms with van der Waals surface area (Å²) in [6, 6.07) is 12.3. The summed E-state index contributed by atoms with van der Waals surface area (Å²) in [6.07, 6.45) is 1.07. The van der Waals surface area contributed by atoms with Crippen molar-refractivity contribution in [1.82, 2.24) is 5.32 Å². The van der Waals surface area contributed by atoms with Crippen molar-refractivity contribution < 1.29 is 18.0 Å². The fourth-order valence-corrected chi connectivity index (χ4v) is 2.65. The maximum Gasteiger partial charge on any atom is 0.255 e. The normalized spacial score (nSPS) is 10.9. The highest BCUT2D eigenvalue weighted by molar-refractivity contribution is 7.90. The zero-order valence-corrected chi connectivity index (χ0v) is 13.5. The first-order valence-corrected chi connectivity index (χ1v) is 8.64. The highest BCUT2D eigenvalue weighted by Crippen LogP contribution is 2.17. The summed E-state index contributed by atoms with van der Waals surface area (Å²) in [7, 11) is -1.90. The van der Waals surface area contributed by atoms with Crippen LogP contribution in [0.3, 0.4) is 0 Å². The lowest BCUT2D eigenvalue weighted by Gasteiger charge is -2.10. The van der Waals surface area contributed by atoms with E-state index in [1.54, 1.807) is 24.3 Å². The molecular formula is C16H16N2O4S. The lowest BCUT2D eigenvalue weighted by atomic mass is 10.1. The molecule has 0 fully saturated rings. The van der Waals surface area contributed by atoms with E-state index in [0.717, 1.165) is 6.26 Å². The number of carbonyl (C=O) groups excluding carboxylic acids is 2. The third-order valence-electron chi connectivity index (χ3n) is 3.17. The molecule has 0 saturated carbocycles. The van der Waals surface area contributed by atoms with E-state index < -0.39 is 15.7 Å². The quantitative estimate of drug-likeness (QED) is 0.891. The monoisotopic (exact) mass is 332 g/mol. The molecule has 0 aromatic heterocycles. The van der Waals surface area contributed by atoms with Gasteiger partial charge in [-0.05, 0) is 30.3 Å². The Bertz CT molecular complexity index is 860. The zero-order valence-electron chi connectivity index (χ0n) is 12.7. The first kappa shape index (κ1) is 16.7. The molecule has 2 N–H and O–H groups in total. The largest absolute Gasteiger partial charge is 0.355 e. The van der Waals surface area contributed by atoms with E-state index >= 15 is 0 Å². The van der Waals surface area contributed by atoms with Gasteiger partial charge in [-0.2, -0.15) is 0 Å². The Morgan fingerprint density at radius 1 is 0.957 bits per heavy atom. The second-order valence-electron chi connectivity index (χ2n) is 4.88. The van der Waals surface area contributed by atoms with Crippen molar-refractivity contribution in [3.63, 3.8) is 0 Å². The van der Waals surface area contributed by atoms with Crippen molar-refractivity contribution in [2.45, 2.75) is 4.90 Å². The van der Waals surface area contributed by atoms with Gasteiger partial charge in [-0.15, -0.1) is 0 Å². The van der Waals surface area contributed by atoms with Crippen molar-refractivity contribution in [3.05, 3.63) is 59.7 Å². The third kappa shape index (κ3) is 3.95. The van der Waals surface area contributed by atoms with Gasteiger partial charge in [0.25, 0.3) is 11.8 Å². The summed E-state index contributed by atoms with van der Waals surface area (Å²) in [4.78, 5) is 24.2. The van der Waals surface area contributed by atoms with Crippen LogP contribution in [0.25, 0.3) is 0 Å². The van der Waals surface area contributed by atoms with Crippen LogP contribution in [0.15, 0.2) is 53.4 Å². The van der Waals surface area contributed by atoms with E-state index in [1.807, 2.05) is 0 Å². The molecule has 2 rings (SSSR count). The van der Waals surface area contributed by atoms with Gasteiger partial charge in [0.15, 0.2) is 9.84 Å². The van der Waals surface area contributed by atoms with E-state index in [-0.39, 0.29) is 16.4 Å². The highest BCUT2D eigenvalue weighted by Gasteiger charge is 2.15. The van der Waals surface area contributed by atoms with Gasteiger partial charge in [-0.3, -0.25) is 9.59 Å². The van der Waals surface area contributed by atoms with Crippen molar-refractivity contribution in [2.24, 2.45) is 0 Å². The summed E-state index contributed by atoms with van der Waals surface area (Å²) in [6.45, 7) is 0. The van der Waals surface area contributed by atoms with Crippen LogP contribution in [0.4, 0.5) is 5.69 Å². The second-order valence-corrected chi connectivity index (χ2v) is 6.89. The number of para-hydroxylation sites is 1. The lowest BCUT2D eigenvalue weighted by molar-refractivity contribution is 0.0964. The average Bonchev–Trinajstić information content (AvgIpc) is 2.54. The molecule has 6 nitrogen and oxygen atoms in total. The van der Waals surface area contributed by atoms with E-state index in [1.165, 1.54) is 31.3 Å². The maximum absolute atomic E-state index is 12.3.